The van der Waals surface area contributed by atoms with Crippen molar-refractivity contribution in [3.05, 3.63) is 125 Å². The molecular weight excluding hydrogens is 621 g/mol. The minimum Gasteiger partial charge on any atom is -0.355 e. The fraction of sp³-hybridized carbons (Fsp3) is 0.333. The van der Waals surface area contributed by atoms with Gasteiger partial charge in [0, 0.05) is 32.6 Å². The van der Waals surface area contributed by atoms with E-state index in [0.29, 0.717) is 38.9 Å². The first-order chi connectivity index (χ1) is 23.2. The molecular formula is C39H46N4O4S. The van der Waals surface area contributed by atoms with E-state index in [2.05, 4.69) is 40.5 Å². The fourth-order valence-electron chi connectivity index (χ4n) is 6.19. The zero-order valence-corrected chi connectivity index (χ0v) is 28.3. The molecule has 0 radical (unpaired) electrons. The smallest absolute Gasteiger partial charge is 0.238 e. The Labute approximate surface area is 285 Å². The normalized spacial score (nSPS) is 13.4. The van der Waals surface area contributed by atoms with Crippen molar-refractivity contribution < 1.29 is 18.0 Å². The van der Waals surface area contributed by atoms with Gasteiger partial charge in [0.15, 0.2) is 0 Å². The largest absolute Gasteiger partial charge is 0.355 e. The molecule has 1 aliphatic rings. The van der Waals surface area contributed by atoms with Crippen LogP contribution in [0.15, 0.2) is 108 Å². The highest BCUT2D eigenvalue weighted by Gasteiger charge is 2.16. The first-order valence-electron chi connectivity index (χ1n) is 16.8. The molecule has 0 unspecified atom stereocenters. The Hall–Kier alpha value is -4.31. The van der Waals surface area contributed by atoms with Crippen LogP contribution in [0, 0.1) is 0 Å². The van der Waals surface area contributed by atoms with E-state index in [1.165, 1.54) is 30.5 Å². The second-order valence-electron chi connectivity index (χ2n) is 12.6. The van der Waals surface area contributed by atoms with Crippen molar-refractivity contribution in [3.63, 3.8) is 0 Å². The first-order valence-corrected chi connectivity index (χ1v) is 18.4. The second-order valence-corrected chi connectivity index (χ2v) is 14.1. The van der Waals surface area contributed by atoms with Crippen LogP contribution < -0.4 is 10.5 Å². The molecule has 0 aliphatic carbocycles. The molecule has 5 rings (SSSR count). The van der Waals surface area contributed by atoms with E-state index in [0.717, 1.165) is 60.3 Å². The van der Waals surface area contributed by atoms with Gasteiger partial charge >= 0.3 is 0 Å². The Bertz CT molecular complexity index is 1750. The molecule has 252 valence electrons. The molecule has 4 aromatic rings. The van der Waals surface area contributed by atoms with E-state index in [4.69, 9.17) is 5.14 Å². The SMILES string of the molecule is NS(=O)(=O)c1ccc(CCN(Cc2cccc(-c3cccc(CC(=O)NCCN4CCCC4)c3)c2)C(=O)CCCc2ccccc2)cc1. The maximum Gasteiger partial charge on any atom is 0.238 e. The summed E-state index contributed by atoms with van der Waals surface area (Å²) >= 11 is 0. The van der Waals surface area contributed by atoms with Gasteiger partial charge in [-0.25, -0.2) is 13.6 Å². The zero-order valence-electron chi connectivity index (χ0n) is 27.5. The van der Waals surface area contributed by atoms with Gasteiger partial charge in [0.25, 0.3) is 0 Å². The number of aryl methyl sites for hydroxylation is 1. The number of carbonyl (C=O) groups excluding carboxylic acids is 2. The Morgan fingerprint density at radius 2 is 1.38 bits per heavy atom. The van der Waals surface area contributed by atoms with E-state index in [9.17, 15) is 18.0 Å². The van der Waals surface area contributed by atoms with Gasteiger partial charge in [-0.3, -0.25) is 9.59 Å². The summed E-state index contributed by atoms with van der Waals surface area (Å²) in [4.78, 5) is 30.6. The molecule has 0 saturated carbocycles. The quantitative estimate of drug-likeness (QED) is 0.168. The van der Waals surface area contributed by atoms with E-state index < -0.39 is 10.0 Å². The summed E-state index contributed by atoms with van der Waals surface area (Å²) in [7, 11) is -3.77. The molecule has 2 amide bonds. The monoisotopic (exact) mass is 666 g/mol. The van der Waals surface area contributed by atoms with Crippen molar-refractivity contribution in [1.82, 2.24) is 15.1 Å². The minimum atomic E-state index is -3.77. The van der Waals surface area contributed by atoms with Gasteiger partial charge in [-0.05, 0) is 96.8 Å². The van der Waals surface area contributed by atoms with Crippen LogP contribution >= 0.6 is 0 Å². The predicted octanol–water partition coefficient (Wildman–Crippen LogP) is 5.35. The van der Waals surface area contributed by atoms with Crippen LogP contribution in [-0.4, -0.2) is 62.8 Å². The number of nitrogens with zero attached hydrogens (tertiary/aromatic N) is 2. The highest BCUT2D eigenvalue weighted by molar-refractivity contribution is 7.89. The molecule has 48 heavy (non-hydrogen) atoms. The van der Waals surface area contributed by atoms with Crippen LogP contribution in [0.5, 0.6) is 0 Å². The molecule has 1 aliphatic heterocycles. The molecule has 8 nitrogen and oxygen atoms in total. The van der Waals surface area contributed by atoms with Crippen molar-refractivity contribution in [2.75, 3.05) is 32.7 Å². The summed E-state index contributed by atoms with van der Waals surface area (Å²) in [6.45, 7) is 4.75. The van der Waals surface area contributed by atoms with E-state index in [1.807, 2.05) is 53.4 Å². The van der Waals surface area contributed by atoms with Crippen molar-refractivity contribution >= 4 is 21.8 Å². The molecule has 1 heterocycles. The number of hydrogen-bond donors (Lipinski definition) is 2. The minimum absolute atomic E-state index is 0.0285. The average Bonchev–Trinajstić information content (AvgIpc) is 3.61. The summed E-state index contributed by atoms with van der Waals surface area (Å²) in [6, 6.07) is 33.0. The Kier molecular flexibility index (Phi) is 12.5. The van der Waals surface area contributed by atoms with Gasteiger partial charge in [0.1, 0.15) is 0 Å². The lowest BCUT2D eigenvalue weighted by atomic mass is 9.99. The van der Waals surface area contributed by atoms with Crippen LogP contribution in [0.25, 0.3) is 11.1 Å². The van der Waals surface area contributed by atoms with Gasteiger partial charge in [-0.2, -0.15) is 0 Å². The number of carbonyl (C=O) groups is 2. The molecule has 4 aromatic carbocycles. The number of nitrogens with two attached hydrogens (primary N) is 1. The molecule has 0 aromatic heterocycles. The number of rotatable bonds is 16. The number of hydrogen-bond acceptors (Lipinski definition) is 5. The lowest BCUT2D eigenvalue weighted by Gasteiger charge is -2.24. The number of primary sulfonamides is 1. The lowest BCUT2D eigenvalue weighted by molar-refractivity contribution is -0.132. The van der Waals surface area contributed by atoms with Crippen molar-refractivity contribution in [2.24, 2.45) is 5.14 Å². The van der Waals surface area contributed by atoms with Gasteiger partial charge in [0.05, 0.1) is 11.3 Å². The molecule has 0 atom stereocenters. The highest BCUT2D eigenvalue weighted by Crippen LogP contribution is 2.23. The Balaban J connectivity index is 1.23. The number of benzene rings is 4. The van der Waals surface area contributed by atoms with Gasteiger partial charge in [-0.15, -0.1) is 0 Å². The van der Waals surface area contributed by atoms with E-state index in [-0.39, 0.29) is 16.7 Å². The van der Waals surface area contributed by atoms with Gasteiger partial charge < -0.3 is 15.1 Å². The molecule has 1 saturated heterocycles. The first kappa shape index (κ1) is 35.0. The predicted molar refractivity (Wildman–Crippen MR) is 191 cm³/mol. The van der Waals surface area contributed by atoms with Gasteiger partial charge in [-0.1, -0.05) is 84.9 Å². The number of nitrogens with one attached hydrogen (secondary N) is 1. The maximum atomic E-state index is 13.6. The summed E-state index contributed by atoms with van der Waals surface area (Å²) in [5.74, 6) is 0.107. The summed E-state index contributed by atoms with van der Waals surface area (Å²) in [6.07, 6.45) is 5.41. The lowest BCUT2D eigenvalue weighted by Crippen LogP contribution is -2.34. The summed E-state index contributed by atoms with van der Waals surface area (Å²) in [5, 5.41) is 8.33. The number of amides is 2. The van der Waals surface area contributed by atoms with Crippen molar-refractivity contribution in [2.45, 2.75) is 56.4 Å². The zero-order chi connectivity index (χ0) is 33.8. The Morgan fingerprint density at radius 1 is 0.750 bits per heavy atom. The Morgan fingerprint density at radius 3 is 2.06 bits per heavy atom. The molecule has 1 fully saturated rings. The molecule has 9 heteroatoms. The van der Waals surface area contributed by atoms with Crippen LogP contribution in [0.1, 0.15) is 47.9 Å². The average molecular weight is 667 g/mol. The van der Waals surface area contributed by atoms with Crippen LogP contribution in [0.4, 0.5) is 0 Å². The van der Waals surface area contributed by atoms with Crippen LogP contribution in [-0.2, 0) is 45.4 Å². The molecule has 3 N–H and O–H groups in total. The van der Waals surface area contributed by atoms with E-state index >= 15 is 0 Å². The number of sulfonamides is 1. The standard InChI is InChI=1S/C39H46N4O4S/c40-48(46,47)37-19-17-32(18-20-37)21-25-43(39(45)16-8-11-31-9-2-1-3-10-31)30-34-13-7-15-36(28-34)35-14-6-12-33(27-35)29-38(44)41-22-26-42-23-4-5-24-42/h1-3,6-7,9-10,12-15,17-20,27-28H,4-5,8,11,16,21-26,29-30H2,(H,41,44)(H2,40,46,47). The fourth-order valence-corrected chi connectivity index (χ4v) is 6.70. The van der Waals surface area contributed by atoms with Crippen LogP contribution in [0.3, 0.4) is 0 Å². The topological polar surface area (TPSA) is 113 Å². The van der Waals surface area contributed by atoms with Gasteiger partial charge in [0.2, 0.25) is 21.8 Å². The molecule has 0 spiro atoms. The number of likely N-dealkylation sites (tertiary alicyclic amines) is 1. The third kappa shape index (κ3) is 10.9. The third-order valence-corrected chi connectivity index (χ3v) is 9.78. The van der Waals surface area contributed by atoms with Crippen LogP contribution in [0.2, 0.25) is 0 Å². The highest BCUT2D eigenvalue weighted by atomic mass is 32.2. The summed E-state index contributed by atoms with van der Waals surface area (Å²) < 4.78 is 23.4. The van der Waals surface area contributed by atoms with Crippen molar-refractivity contribution in [3.8, 4) is 11.1 Å². The van der Waals surface area contributed by atoms with Crippen molar-refractivity contribution in [1.29, 1.82) is 0 Å². The van der Waals surface area contributed by atoms with E-state index in [1.54, 1.807) is 12.1 Å². The molecule has 0 bridgehead atoms. The third-order valence-electron chi connectivity index (χ3n) is 8.85. The summed E-state index contributed by atoms with van der Waals surface area (Å²) in [5.41, 5.74) is 6.16. The second kappa shape index (κ2) is 17.2. The maximum absolute atomic E-state index is 13.6.